The highest BCUT2D eigenvalue weighted by Gasteiger charge is 2.62. The fourth-order valence-corrected chi connectivity index (χ4v) is 4.89. The molecule has 5 rings (SSSR count). The predicted octanol–water partition coefficient (Wildman–Crippen LogP) is 3.34. The molecule has 3 aromatic rings. The van der Waals surface area contributed by atoms with Crippen molar-refractivity contribution in [3.63, 3.8) is 0 Å². The summed E-state index contributed by atoms with van der Waals surface area (Å²) in [6, 6.07) is 13.6. The van der Waals surface area contributed by atoms with Crippen LogP contribution >= 0.6 is 0 Å². The van der Waals surface area contributed by atoms with E-state index < -0.39 is 11.6 Å². The van der Waals surface area contributed by atoms with Crippen LogP contribution in [0.5, 0.6) is 0 Å². The third-order valence-corrected chi connectivity index (χ3v) is 6.40. The maximum absolute atomic E-state index is 13.8. The number of nitrogens with zero attached hydrogens (tertiary/aromatic N) is 2. The zero-order valence-electron chi connectivity index (χ0n) is 16.6. The third-order valence-electron chi connectivity index (χ3n) is 6.40. The number of methoxy groups -OCH3 is 1. The summed E-state index contributed by atoms with van der Waals surface area (Å²) in [5.74, 6) is -0.574. The number of likely N-dealkylation sites (tertiary alicyclic amines) is 1. The van der Waals surface area contributed by atoms with Gasteiger partial charge < -0.3 is 19.5 Å². The molecule has 1 atom stereocenters. The van der Waals surface area contributed by atoms with Crippen LogP contribution in [0.15, 0.2) is 54.7 Å². The average Bonchev–Trinajstić information content (AvgIpc) is 3.22. The first-order valence-electron chi connectivity index (χ1n) is 10.0. The summed E-state index contributed by atoms with van der Waals surface area (Å²) in [6.07, 6.45) is 2.43. The number of amides is 2. The average molecular weight is 407 g/mol. The van der Waals surface area contributed by atoms with E-state index in [4.69, 9.17) is 4.74 Å². The highest BCUT2D eigenvalue weighted by atomic mass is 19.1. The number of benzene rings is 2. The Kier molecular flexibility index (Phi) is 4.36. The Balaban J connectivity index is 1.37. The third kappa shape index (κ3) is 2.73. The van der Waals surface area contributed by atoms with Gasteiger partial charge in [-0.2, -0.15) is 0 Å². The van der Waals surface area contributed by atoms with Crippen LogP contribution < -0.4 is 4.90 Å². The second kappa shape index (κ2) is 6.95. The van der Waals surface area contributed by atoms with Gasteiger partial charge in [0.1, 0.15) is 5.82 Å². The summed E-state index contributed by atoms with van der Waals surface area (Å²) in [5.41, 5.74) is 1.62. The summed E-state index contributed by atoms with van der Waals surface area (Å²) in [7, 11) is 1.52. The van der Waals surface area contributed by atoms with Crippen LogP contribution in [0.4, 0.5) is 10.1 Å². The first-order valence-corrected chi connectivity index (χ1v) is 10.0. The molecule has 0 aliphatic carbocycles. The van der Waals surface area contributed by atoms with Crippen molar-refractivity contribution in [3.05, 3.63) is 66.1 Å². The first-order chi connectivity index (χ1) is 14.5. The molecule has 7 heteroatoms. The number of carbonyl (C=O) groups excluding carboxylic acids is 2. The number of halogens is 1. The molecule has 1 N–H and O–H groups in total. The van der Waals surface area contributed by atoms with E-state index in [1.807, 2.05) is 35.4 Å². The van der Waals surface area contributed by atoms with Crippen molar-refractivity contribution in [2.45, 2.75) is 24.5 Å². The van der Waals surface area contributed by atoms with Gasteiger partial charge in [0, 0.05) is 48.5 Å². The quantitative estimate of drug-likeness (QED) is 0.678. The lowest BCUT2D eigenvalue weighted by atomic mass is 9.72. The molecule has 154 valence electrons. The van der Waals surface area contributed by atoms with Crippen molar-refractivity contribution in [1.29, 1.82) is 0 Å². The van der Waals surface area contributed by atoms with Crippen LogP contribution in [0.2, 0.25) is 0 Å². The van der Waals surface area contributed by atoms with Crippen LogP contribution in [0.25, 0.3) is 10.9 Å². The van der Waals surface area contributed by atoms with Crippen LogP contribution in [0, 0.1) is 5.82 Å². The molecule has 2 aliphatic heterocycles. The van der Waals surface area contributed by atoms with E-state index in [-0.39, 0.29) is 17.6 Å². The van der Waals surface area contributed by atoms with E-state index in [9.17, 15) is 14.0 Å². The van der Waals surface area contributed by atoms with Gasteiger partial charge in [0.05, 0.1) is 5.54 Å². The number of hydrogen-bond acceptors (Lipinski definition) is 3. The highest BCUT2D eigenvalue weighted by Crippen LogP contribution is 2.45. The largest absolute Gasteiger partial charge is 0.369 e. The summed E-state index contributed by atoms with van der Waals surface area (Å²) in [6.45, 7) is 1.01. The zero-order valence-corrected chi connectivity index (χ0v) is 16.6. The van der Waals surface area contributed by atoms with Gasteiger partial charge in [-0.25, -0.2) is 4.39 Å². The number of hydrogen-bond donors (Lipinski definition) is 1. The maximum atomic E-state index is 13.8. The molecule has 3 heterocycles. The zero-order chi connectivity index (χ0) is 20.9. The number of anilines is 1. The minimum absolute atomic E-state index is 0.0233. The van der Waals surface area contributed by atoms with Gasteiger partial charge in [-0.3, -0.25) is 9.59 Å². The van der Waals surface area contributed by atoms with Gasteiger partial charge >= 0.3 is 0 Å². The van der Waals surface area contributed by atoms with Gasteiger partial charge in [0.15, 0.2) is 6.10 Å². The van der Waals surface area contributed by atoms with Crippen LogP contribution in [0.1, 0.15) is 23.2 Å². The van der Waals surface area contributed by atoms with Gasteiger partial charge in [-0.1, -0.05) is 6.07 Å². The molecule has 30 heavy (non-hydrogen) atoms. The molecular weight excluding hydrogens is 385 g/mol. The monoisotopic (exact) mass is 407 g/mol. The lowest BCUT2D eigenvalue weighted by Crippen LogP contribution is -2.78. The number of aromatic nitrogens is 1. The smallest absolute Gasteiger partial charge is 0.259 e. The van der Waals surface area contributed by atoms with E-state index in [2.05, 4.69) is 4.98 Å². The van der Waals surface area contributed by atoms with Crippen molar-refractivity contribution < 1.29 is 18.7 Å². The van der Waals surface area contributed by atoms with Crippen molar-refractivity contribution in [2.24, 2.45) is 0 Å². The number of rotatable bonds is 3. The first kappa shape index (κ1) is 18.8. The van der Waals surface area contributed by atoms with E-state index in [0.29, 0.717) is 37.2 Å². The topological polar surface area (TPSA) is 65.6 Å². The normalized spacial score (nSPS) is 20.6. The molecule has 2 aromatic carbocycles. The number of β-lactam (4-membered cyclic amide) rings is 1. The van der Waals surface area contributed by atoms with Gasteiger partial charge in [0.2, 0.25) is 0 Å². The molecule has 2 aliphatic rings. The maximum Gasteiger partial charge on any atom is 0.259 e. The van der Waals surface area contributed by atoms with Crippen molar-refractivity contribution in [1.82, 2.24) is 9.88 Å². The molecular formula is C23H22FN3O3. The minimum Gasteiger partial charge on any atom is -0.369 e. The Bertz CT molecular complexity index is 1130. The number of aromatic amines is 1. The number of fused-ring (bicyclic) bond motifs is 1. The second-order valence-corrected chi connectivity index (χ2v) is 7.94. The molecule has 0 saturated carbocycles. The number of H-pyrrole nitrogens is 1. The fourth-order valence-electron chi connectivity index (χ4n) is 4.89. The lowest BCUT2D eigenvalue weighted by molar-refractivity contribution is -0.150. The van der Waals surface area contributed by atoms with Gasteiger partial charge in [-0.15, -0.1) is 0 Å². The summed E-state index contributed by atoms with van der Waals surface area (Å²) < 4.78 is 19.3. The molecule has 2 fully saturated rings. The molecule has 1 spiro atoms. The number of ether oxygens (including phenoxy) is 1. The molecule has 2 amide bonds. The molecule has 0 bridgehead atoms. The lowest BCUT2D eigenvalue weighted by Gasteiger charge is -2.59. The summed E-state index contributed by atoms with van der Waals surface area (Å²) in [5, 5.41) is 0.996. The van der Waals surface area contributed by atoms with Gasteiger partial charge in [-0.05, 0) is 55.3 Å². The number of piperidine rings is 1. The van der Waals surface area contributed by atoms with Crippen molar-refractivity contribution in [2.75, 3.05) is 25.1 Å². The van der Waals surface area contributed by atoms with E-state index >= 15 is 0 Å². The molecule has 0 radical (unpaired) electrons. The van der Waals surface area contributed by atoms with Crippen LogP contribution in [-0.2, 0) is 9.53 Å². The Morgan fingerprint density at radius 1 is 1.17 bits per heavy atom. The SMILES string of the molecule is COC1C(=O)N(c2cccc(F)c2)C12CCN(C(=O)c1ccc3[nH]ccc3c1)CC2. The van der Waals surface area contributed by atoms with Crippen LogP contribution in [0.3, 0.4) is 0 Å². The highest BCUT2D eigenvalue weighted by molar-refractivity contribution is 6.07. The molecule has 1 aromatic heterocycles. The Morgan fingerprint density at radius 2 is 1.97 bits per heavy atom. The molecule has 6 nitrogen and oxygen atoms in total. The summed E-state index contributed by atoms with van der Waals surface area (Å²) >= 11 is 0. The Labute approximate surface area is 173 Å². The number of nitrogens with one attached hydrogen (secondary N) is 1. The Hall–Kier alpha value is -3.19. The Morgan fingerprint density at radius 3 is 2.70 bits per heavy atom. The van der Waals surface area contributed by atoms with Crippen molar-refractivity contribution in [3.8, 4) is 0 Å². The van der Waals surface area contributed by atoms with Gasteiger partial charge in [0.25, 0.3) is 11.8 Å². The van der Waals surface area contributed by atoms with E-state index in [0.717, 1.165) is 10.9 Å². The molecule has 1 unspecified atom stereocenters. The van der Waals surface area contributed by atoms with E-state index in [1.54, 1.807) is 17.0 Å². The number of carbonyl (C=O) groups is 2. The minimum atomic E-state index is -0.575. The fraction of sp³-hybridized carbons (Fsp3) is 0.304. The molecule has 2 saturated heterocycles. The second-order valence-electron chi connectivity index (χ2n) is 7.94. The van der Waals surface area contributed by atoms with Crippen molar-refractivity contribution >= 4 is 28.4 Å². The predicted molar refractivity (Wildman–Crippen MR) is 111 cm³/mol. The van der Waals surface area contributed by atoms with E-state index in [1.165, 1.54) is 19.2 Å². The summed E-state index contributed by atoms with van der Waals surface area (Å²) in [4.78, 5) is 32.4. The standard InChI is InChI=1S/C23H22FN3O3/c1-30-20-22(29)27(18-4-2-3-17(24)14-18)23(20)8-11-26(12-9-23)21(28)16-5-6-19-15(13-16)7-10-25-19/h2-7,10,13-14,20,25H,8-9,11-12H2,1H3. The van der Waals surface area contributed by atoms with Crippen LogP contribution in [-0.4, -0.2) is 53.5 Å².